The Morgan fingerprint density at radius 3 is 2.45 bits per heavy atom. The van der Waals surface area contributed by atoms with Crippen molar-refractivity contribution in [3.05, 3.63) is 26.6 Å². The number of benzene rings is 1. The summed E-state index contributed by atoms with van der Waals surface area (Å²) in [6.07, 6.45) is 5.89. The largest absolute Gasteiger partial charge is 0.397 e. The third-order valence-corrected chi connectivity index (χ3v) is 4.88. The van der Waals surface area contributed by atoms with Gasteiger partial charge >= 0.3 is 0 Å². The van der Waals surface area contributed by atoms with Crippen molar-refractivity contribution in [3.8, 4) is 0 Å². The van der Waals surface area contributed by atoms with E-state index in [1.54, 1.807) is 6.07 Å². The van der Waals surface area contributed by atoms with Crippen LogP contribution in [0.2, 0.25) is 0 Å². The fourth-order valence-electron chi connectivity index (χ4n) is 2.59. The zero-order chi connectivity index (χ0) is 14.0. The number of hydrogen-bond donors (Lipinski definition) is 1. The average Bonchev–Trinajstić information content (AvgIpc) is 2.42. The molecule has 1 aromatic carbocycles. The minimum Gasteiger partial charge on any atom is -0.397 e. The lowest BCUT2D eigenvalue weighted by Gasteiger charge is -2.31. The van der Waals surface area contributed by atoms with E-state index in [0.29, 0.717) is 17.3 Å². The molecule has 0 radical (unpaired) electrons. The lowest BCUT2D eigenvalue weighted by atomic mass is 9.94. The molecule has 0 unspecified atom stereocenters. The van der Waals surface area contributed by atoms with Gasteiger partial charge in [0.2, 0.25) is 0 Å². The third-order valence-electron chi connectivity index (χ3n) is 3.77. The van der Waals surface area contributed by atoms with Crippen LogP contribution < -0.4 is 5.73 Å². The highest BCUT2D eigenvalue weighted by Crippen LogP contribution is 2.30. The number of rotatable bonds is 2. The minimum absolute atomic E-state index is 0. The first kappa shape index (κ1) is 17.8. The summed E-state index contributed by atoms with van der Waals surface area (Å²) >= 11 is 6.79. The maximum atomic E-state index is 12.6. The van der Waals surface area contributed by atoms with Crippen LogP contribution in [-0.2, 0) is 0 Å². The molecule has 112 valence electrons. The Morgan fingerprint density at radius 2 is 1.85 bits per heavy atom. The first-order valence-corrected chi connectivity index (χ1v) is 8.11. The number of halogens is 3. The summed E-state index contributed by atoms with van der Waals surface area (Å²) in [5.74, 6) is 0.00593. The first-order chi connectivity index (χ1) is 9.00. The third kappa shape index (κ3) is 3.89. The van der Waals surface area contributed by atoms with E-state index >= 15 is 0 Å². The maximum Gasteiger partial charge on any atom is 0.256 e. The number of nitrogen functional groups attached to an aromatic ring is 1. The molecule has 0 saturated heterocycles. The van der Waals surface area contributed by atoms with Gasteiger partial charge in [-0.05, 0) is 40.9 Å². The summed E-state index contributed by atoms with van der Waals surface area (Å²) < 4.78 is 1.61. The molecule has 1 amide bonds. The van der Waals surface area contributed by atoms with E-state index in [1.165, 1.54) is 19.3 Å². The molecule has 2 N–H and O–H groups in total. The Morgan fingerprint density at radius 1 is 1.25 bits per heavy atom. The lowest BCUT2D eigenvalue weighted by Crippen LogP contribution is -2.38. The first-order valence-electron chi connectivity index (χ1n) is 6.52. The molecule has 6 heteroatoms. The van der Waals surface area contributed by atoms with E-state index in [1.807, 2.05) is 18.0 Å². The predicted molar refractivity (Wildman–Crippen MR) is 92.5 cm³/mol. The Labute approximate surface area is 142 Å². The monoisotopic (exact) mass is 424 g/mol. The van der Waals surface area contributed by atoms with E-state index in [0.717, 1.165) is 21.8 Å². The Hall–Kier alpha value is -0.260. The Kier molecular flexibility index (Phi) is 6.82. The molecular formula is C14H19Br2ClN2O. The molecule has 0 bridgehead atoms. The van der Waals surface area contributed by atoms with Crippen molar-refractivity contribution >= 4 is 55.9 Å². The molecule has 1 aliphatic rings. The standard InChI is InChI=1S/C14H18Br2N2O.ClH/c1-18(10-5-3-2-4-6-10)14(19)11-7-9(15)8-12(16)13(11)17;/h7-8,10H,2-6,17H2,1H3;1H. The number of anilines is 1. The molecule has 1 aromatic rings. The number of amides is 1. The molecule has 0 aromatic heterocycles. The molecule has 0 spiro atoms. The van der Waals surface area contributed by atoms with E-state index in [2.05, 4.69) is 31.9 Å². The second kappa shape index (κ2) is 7.66. The number of carbonyl (C=O) groups is 1. The van der Waals surface area contributed by atoms with Crippen LogP contribution in [0.5, 0.6) is 0 Å². The van der Waals surface area contributed by atoms with Gasteiger partial charge in [-0.2, -0.15) is 0 Å². The second-order valence-corrected chi connectivity index (χ2v) is 6.83. The lowest BCUT2D eigenvalue weighted by molar-refractivity contribution is 0.0697. The van der Waals surface area contributed by atoms with Crippen LogP contribution in [0.3, 0.4) is 0 Å². The average molecular weight is 427 g/mol. The van der Waals surface area contributed by atoms with Crippen molar-refractivity contribution < 1.29 is 4.79 Å². The normalized spacial score (nSPS) is 15.6. The van der Waals surface area contributed by atoms with Crippen molar-refractivity contribution in [2.45, 2.75) is 38.1 Å². The van der Waals surface area contributed by atoms with Gasteiger partial charge < -0.3 is 10.6 Å². The number of carbonyl (C=O) groups excluding carboxylic acids is 1. The highest BCUT2D eigenvalue weighted by molar-refractivity contribution is 9.11. The van der Waals surface area contributed by atoms with Crippen LogP contribution in [0, 0.1) is 0 Å². The van der Waals surface area contributed by atoms with Gasteiger partial charge in [0.15, 0.2) is 0 Å². The smallest absolute Gasteiger partial charge is 0.256 e. The van der Waals surface area contributed by atoms with Crippen LogP contribution in [-0.4, -0.2) is 23.9 Å². The van der Waals surface area contributed by atoms with Crippen LogP contribution in [0.15, 0.2) is 21.1 Å². The van der Waals surface area contributed by atoms with Gasteiger partial charge in [-0.15, -0.1) is 12.4 Å². The topological polar surface area (TPSA) is 46.3 Å². The fraction of sp³-hybridized carbons (Fsp3) is 0.500. The SMILES string of the molecule is CN(C(=O)c1cc(Br)cc(Br)c1N)C1CCCCC1.Cl. The van der Waals surface area contributed by atoms with E-state index in [4.69, 9.17) is 5.73 Å². The van der Waals surface area contributed by atoms with Gasteiger partial charge in [0, 0.05) is 22.0 Å². The highest BCUT2D eigenvalue weighted by atomic mass is 79.9. The molecular weight excluding hydrogens is 407 g/mol. The van der Waals surface area contributed by atoms with Crippen LogP contribution in [0.1, 0.15) is 42.5 Å². The number of nitrogens with two attached hydrogens (primary N) is 1. The summed E-state index contributed by atoms with van der Waals surface area (Å²) in [6.45, 7) is 0. The quantitative estimate of drug-likeness (QED) is 0.702. The molecule has 0 heterocycles. The molecule has 20 heavy (non-hydrogen) atoms. The molecule has 3 nitrogen and oxygen atoms in total. The summed E-state index contributed by atoms with van der Waals surface area (Å²) in [5, 5.41) is 0. The summed E-state index contributed by atoms with van der Waals surface area (Å²) in [4.78, 5) is 14.4. The summed E-state index contributed by atoms with van der Waals surface area (Å²) in [5.41, 5.74) is 7.08. The van der Waals surface area contributed by atoms with Crippen molar-refractivity contribution in [2.75, 3.05) is 12.8 Å². The van der Waals surface area contributed by atoms with Crippen LogP contribution in [0.4, 0.5) is 5.69 Å². The van der Waals surface area contributed by atoms with Crippen LogP contribution in [0.25, 0.3) is 0 Å². The number of hydrogen-bond acceptors (Lipinski definition) is 2. The molecule has 0 atom stereocenters. The van der Waals surface area contributed by atoms with Gasteiger partial charge in [-0.3, -0.25) is 4.79 Å². The molecule has 1 saturated carbocycles. The zero-order valence-corrected chi connectivity index (χ0v) is 15.4. The summed E-state index contributed by atoms with van der Waals surface area (Å²) in [6, 6.07) is 3.99. The molecule has 2 rings (SSSR count). The highest BCUT2D eigenvalue weighted by Gasteiger charge is 2.24. The van der Waals surface area contributed by atoms with Gasteiger partial charge in [0.25, 0.3) is 5.91 Å². The number of nitrogens with zero attached hydrogens (tertiary/aromatic N) is 1. The van der Waals surface area contributed by atoms with E-state index < -0.39 is 0 Å². The summed E-state index contributed by atoms with van der Waals surface area (Å²) in [7, 11) is 1.88. The van der Waals surface area contributed by atoms with Gasteiger partial charge in [0.1, 0.15) is 0 Å². The zero-order valence-electron chi connectivity index (χ0n) is 11.4. The van der Waals surface area contributed by atoms with Crippen molar-refractivity contribution in [1.82, 2.24) is 4.90 Å². The van der Waals surface area contributed by atoms with E-state index in [-0.39, 0.29) is 18.3 Å². The molecule has 0 aliphatic heterocycles. The van der Waals surface area contributed by atoms with Crippen molar-refractivity contribution in [3.63, 3.8) is 0 Å². The second-order valence-electron chi connectivity index (χ2n) is 5.06. The predicted octanol–water partition coefficient (Wildman–Crippen LogP) is 4.62. The Balaban J connectivity index is 0.00000200. The molecule has 1 fully saturated rings. The van der Waals surface area contributed by atoms with Gasteiger partial charge in [-0.1, -0.05) is 35.2 Å². The fourth-order valence-corrected chi connectivity index (χ4v) is 3.81. The van der Waals surface area contributed by atoms with Gasteiger partial charge in [-0.25, -0.2) is 0 Å². The Bertz CT molecular complexity index is 490. The van der Waals surface area contributed by atoms with Crippen LogP contribution >= 0.6 is 44.3 Å². The van der Waals surface area contributed by atoms with Gasteiger partial charge in [0.05, 0.1) is 11.3 Å². The maximum absolute atomic E-state index is 12.6. The molecule has 1 aliphatic carbocycles. The van der Waals surface area contributed by atoms with Crippen molar-refractivity contribution in [1.29, 1.82) is 0 Å². The van der Waals surface area contributed by atoms with E-state index in [9.17, 15) is 4.79 Å². The van der Waals surface area contributed by atoms with Crippen molar-refractivity contribution in [2.24, 2.45) is 0 Å². The minimum atomic E-state index is 0.